The molecule has 1 heterocycles. The molecule has 0 fully saturated rings. The Morgan fingerprint density at radius 1 is 0.842 bits per heavy atom. The molecule has 0 aromatic heterocycles. The molecule has 0 aliphatic carbocycles. The average molecular weight is 545 g/mol. The first-order chi connectivity index (χ1) is 18.4. The summed E-state index contributed by atoms with van der Waals surface area (Å²) >= 11 is 5.86. The van der Waals surface area contributed by atoms with Gasteiger partial charge in [0.1, 0.15) is 10.6 Å². The summed E-state index contributed by atoms with van der Waals surface area (Å²) in [5.74, 6) is -0.106. The number of para-hydroxylation sites is 1. The molecule has 0 unspecified atom stereocenters. The molecule has 9 heteroatoms. The van der Waals surface area contributed by atoms with Gasteiger partial charge in [0.2, 0.25) is 0 Å². The molecule has 1 aliphatic rings. The van der Waals surface area contributed by atoms with E-state index >= 15 is 0 Å². The highest BCUT2D eigenvalue weighted by Crippen LogP contribution is 2.33. The predicted molar refractivity (Wildman–Crippen MR) is 147 cm³/mol. The van der Waals surface area contributed by atoms with Crippen LogP contribution in [-0.4, -0.2) is 27.1 Å². The Bertz CT molecular complexity index is 1650. The lowest BCUT2D eigenvalue weighted by molar-refractivity contribution is -0.114. The molecule has 0 atom stereocenters. The first kappa shape index (κ1) is 25.3. The molecule has 0 bridgehead atoms. The highest BCUT2D eigenvalue weighted by Gasteiger charge is 2.32. The molecule has 190 valence electrons. The monoisotopic (exact) mass is 544 g/mol. The van der Waals surface area contributed by atoms with Gasteiger partial charge in [0.25, 0.3) is 5.91 Å². The van der Waals surface area contributed by atoms with E-state index in [4.69, 9.17) is 20.5 Å². The third-order valence-electron chi connectivity index (χ3n) is 5.73. The van der Waals surface area contributed by atoms with Crippen LogP contribution >= 0.6 is 11.6 Å². The smallest absolute Gasteiger partial charge is 0.339 e. The molecule has 1 aliphatic heterocycles. The van der Waals surface area contributed by atoms with Crippen molar-refractivity contribution in [1.29, 1.82) is 0 Å². The van der Waals surface area contributed by atoms with E-state index in [-0.39, 0.29) is 22.3 Å². The van der Waals surface area contributed by atoms with Crippen LogP contribution < -0.4 is 13.9 Å². The third-order valence-corrected chi connectivity index (χ3v) is 7.23. The number of carbonyl (C=O) groups is 1. The van der Waals surface area contributed by atoms with Crippen LogP contribution in [-0.2, 0) is 14.9 Å². The minimum Gasteiger partial charge on any atom is -0.493 e. The zero-order valence-electron chi connectivity index (χ0n) is 20.1. The Morgan fingerprint density at radius 3 is 2.16 bits per heavy atom. The molecular formula is C29H21ClN2O5S. The van der Waals surface area contributed by atoms with Crippen molar-refractivity contribution in [1.82, 2.24) is 0 Å². The average Bonchev–Trinajstić information content (AvgIpc) is 3.26. The maximum absolute atomic E-state index is 13.5. The zero-order valence-corrected chi connectivity index (χ0v) is 21.7. The molecule has 5 rings (SSSR count). The minimum atomic E-state index is -4.12. The summed E-state index contributed by atoms with van der Waals surface area (Å²) < 4.78 is 36.3. The van der Waals surface area contributed by atoms with Crippen molar-refractivity contribution in [3.05, 3.63) is 125 Å². The van der Waals surface area contributed by atoms with Gasteiger partial charge in [-0.15, -0.1) is 0 Å². The second-order valence-electron chi connectivity index (χ2n) is 8.23. The van der Waals surface area contributed by atoms with Gasteiger partial charge < -0.3 is 8.92 Å². The van der Waals surface area contributed by atoms with E-state index in [9.17, 15) is 13.2 Å². The molecule has 4 aromatic rings. The summed E-state index contributed by atoms with van der Waals surface area (Å²) in [4.78, 5) is 13.4. The highest BCUT2D eigenvalue weighted by molar-refractivity contribution is 7.87. The lowest BCUT2D eigenvalue weighted by atomic mass is 10.00. The second kappa shape index (κ2) is 10.5. The van der Waals surface area contributed by atoms with Crippen LogP contribution in [0.5, 0.6) is 11.5 Å². The fraction of sp³-hybridized carbons (Fsp3) is 0.0345. The number of carbonyl (C=O) groups excluding carboxylic acids is 1. The number of nitrogens with zero attached hydrogens (tertiary/aromatic N) is 2. The van der Waals surface area contributed by atoms with Gasteiger partial charge in [0.15, 0.2) is 11.5 Å². The van der Waals surface area contributed by atoms with Crippen LogP contribution in [0.2, 0.25) is 5.02 Å². The maximum atomic E-state index is 13.5. The van der Waals surface area contributed by atoms with Gasteiger partial charge >= 0.3 is 10.1 Å². The molecule has 0 saturated heterocycles. The Kier molecular flexibility index (Phi) is 7.00. The van der Waals surface area contributed by atoms with Crippen molar-refractivity contribution in [3.8, 4) is 11.5 Å². The quantitative estimate of drug-likeness (QED) is 0.212. The van der Waals surface area contributed by atoms with E-state index in [0.29, 0.717) is 27.6 Å². The van der Waals surface area contributed by atoms with E-state index in [2.05, 4.69) is 5.10 Å². The summed E-state index contributed by atoms with van der Waals surface area (Å²) in [6, 6.07) is 28.9. The standard InChI is InChI=1S/C29H21ClN2O5S/c1-36-27-19-20(12-17-26(27)37-38(34,35)24-15-13-22(30)14-16-24)18-25-28(21-8-4-2-5-9-21)31-32(29(25)33)23-10-6-3-7-11-23/h2-19H,1H3/b25-18-. The summed E-state index contributed by atoms with van der Waals surface area (Å²) in [6.45, 7) is 0. The van der Waals surface area contributed by atoms with Crippen molar-refractivity contribution in [2.24, 2.45) is 5.10 Å². The number of benzene rings is 4. The van der Waals surface area contributed by atoms with Crippen molar-refractivity contribution in [2.45, 2.75) is 4.90 Å². The minimum absolute atomic E-state index is 0.00482. The Morgan fingerprint density at radius 2 is 1.50 bits per heavy atom. The predicted octanol–water partition coefficient (Wildman–Crippen LogP) is 5.95. The number of amides is 1. The third kappa shape index (κ3) is 5.18. The lowest BCUT2D eigenvalue weighted by Crippen LogP contribution is -2.21. The molecule has 0 spiro atoms. The molecule has 0 N–H and O–H groups in total. The number of halogens is 1. The molecule has 0 radical (unpaired) electrons. The summed E-state index contributed by atoms with van der Waals surface area (Å²) in [5, 5.41) is 6.39. The number of rotatable bonds is 7. The van der Waals surface area contributed by atoms with Crippen LogP contribution in [0, 0.1) is 0 Å². The summed E-state index contributed by atoms with van der Waals surface area (Å²) in [5.41, 5.74) is 2.92. The van der Waals surface area contributed by atoms with Gasteiger partial charge in [-0.2, -0.15) is 18.5 Å². The number of hydrazone groups is 1. The van der Waals surface area contributed by atoms with Gasteiger partial charge in [-0.3, -0.25) is 4.79 Å². The maximum Gasteiger partial charge on any atom is 0.339 e. The lowest BCUT2D eigenvalue weighted by Gasteiger charge is -2.12. The van der Waals surface area contributed by atoms with E-state index in [1.165, 1.54) is 42.5 Å². The summed E-state index contributed by atoms with van der Waals surface area (Å²) in [7, 11) is -2.72. The summed E-state index contributed by atoms with van der Waals surface area (Å²) in [6.07, 6.45) is 1.69. The van der Waals surface area contributed by atoms with Crippen LogP contribution in [0.3, 0.4) is 0 Å². The molecule has 4 aromatic carbocycles. The number of hydrogen-bond donors (Lipinski definition) is 0. The zero-order chi connectivity index (χ0) is 26.7. The molecular weight excluding hydrogens is 524 g/mol. The topological polar surface area (TPSA) is 85.3 Å². The largest absolute Gasteiger partial charge is 0.493 e. The molecule has 38 heavy (non-hydrogen) atoms. The normalized spacial score (nSPS) is 14.5. The number of methoxy groups -OCH3 is 1. The molecule has 7 nitrogen and oxygen atoms in total. The number of hydrogen-bond acceptors (Lipinski definition) is 6. The molecule has 1 amide bonds. The van der Waals surface area contributed by atoms with E-state index in [0.717, 1.165) is 5.56 Å². The first-order valence-electron chi connectivity index (χ1n) is 11.5. The van der Waals surface area contributed by atoms with Crippen molar-refractivity contribution < 1.29 is 22.1 Å². The number of ether oxygens (including phenoxy) is 1. The van der Waals surface area contributed by atoms with Crippen LogP contribution in [0.4, 0.5) is 5.69 Å². The fourth-order valence-electron chi connectivity index (χ4n) is 3.88. The van der Waals surface area contributed by atoms with Crippen molar-refractivity contribution >= 4 is 45.1 Å². The SMILES string of the molecule is COc1cc(/C=C2\C(=O)N(c3ccccc3)N=C2c2ccccc2)ccc1OS(=O)(=O)c1ccc(Cl)cc1. The van der Waals surface area contributed by atoms with Gasteiger partial charge in [-0.1, -0.05) is 66.2 Å². The fourth-order valence-corrected chi connectivity index (χ4v) is 4.94. The Hall–Kier alpha value is -4.40. The molecule has 0 saturated carbocycles. The van der Waals surface area contributed by atoms with Crippen molar-refractivity contribution in [2.75, 3.05) is 12.1 Å². The highest BCUT2D eigenvalue weighted by atomic mass is 35.5. The Balaban J connectivity index is 1.51. The Labute approximate surface area is 225 Å². The second-order valence-corrected chi connectivity index (χ2v) is 10.2. The van der Waals surface area contributed by atoms with Gasteiger partial charge in [0.05, 0.1) is 18.4 Å². The van der Waals surface area contributed by atoms with E-state index in [1.807, 2.05) is 60.7 Å². The first-order valence-corrected chi connectivity index (χ1v) is 13.3. The van der Waals surface area contributed by atoms with Gasteiger partial charge in [-0.05, 0) is 60.2 Å². The number of anilines is 1. The van der Waals surface area contributed by atoms with Crippen LogP contribution in [0.1, 0.15) is 11.1 Å². The van der Waals surface area contributed by atoms with Crippen molar-refractivity contribution in [3.63, 3.8) is 0 Å². The van der Waals surface area contributed by atoms with Crippen LogP contribution in [0.15, 0.2) is 119 Å². The van der Waals surface area contributed by atoms with E-state index < -0.39 is 10.1 Å². The van der Waals surface area contributed by atoms with Gasteiger partial charge in [0, 0.05) is 10.6 Å². The van der Waals surface area contributed by atoms with Gasteiger partial charge in [-0.25, -0.2) is 0 Å². The van der Waals surface area contributed by atoms with E-state index in [1.54, 1.807) is 18.2 Å². The van der Waals surface area contributed by atoms with Crippen LogP contribution in [0.25, 0.3) is 6.08 Å².